The van der Waals surface area contributed by atoms with Gasteiger partial charge in [-0.25, -0.2) is 0 Å². The number of hydrogen-bond donors (Lipinski definition) is 1. The predicted molar refractivity (Wildman–Crippen MR) is 73.2 cm³/mol. The molecule has 1 amide bonds. The van der Waals surface area contributed by atoms with Crippen LogP contribution < -0.4 is 10.2 Å². The predicted octanol–water partition coefficient (Wildman–Crippen LogP) is 1.79. The van der Waals surface area contributed by atoms with Crippen LogP contribution in [0, 0.1) is 0 Å². The number of para-hydroxylation sites is 2. The molecule has 1 aliphatic heterocycles. The van der Waals surface area contributed by atoms with Crippen LogP contribution in [0.2, 0.25) is 0 Å². The molecule has 1 N–H and O–H groups in total. The van der Waals surface area contributed by atoms with Crippen molar-refractivity contribution >= 4 is 23.3 Å². The van der Waals surface area contributed by atoms with Crippen molar-refractivity contribution in [1.29, 1.82) is 0 Å². The van der Waals surface area contributed by atoms with E-state index in [0.29, 0.717) is 6.61 Å². The quantitative estimate of drug-likeness (QED) is 0.649. The van der Waals surface area contributed by atoms with E-state index in [9.17, 15) is 9.59 Å². The Morgan fingerprint density at radius 1 is 1.42 bits per heavy atom. The van der Waals surface area contributed by atoms with Crippen LogP contribution in [0.4, 0.5) is 11.4 Å². The summed E-state index contributed by atoms with van der Waals surface area (Å²) in [5.41, 5.74) is 1.59. The van der Waals surface area contributed by atoms with E-state index >= 15 is 0 Å². The van der Waals surface area contributed by atoms with Gasteiger partial charge in [-0.3, -0.25) is 9.59 Å². The summed E-state index contributed by atoms with van der Waals surface area (Å²) in [4.78, 5) is 25.0. The largest absolute Gasteiger partial charge is 0.464 e. The van der Waals surface area contributed by atoms with E-state index in [0.717, 1.165) is 24.2 Å². The molecule has 0 aromatic heterocycles. The highest BCUT2D eigenvalue weighted by Crippen LogP contribution is 2.28. The zero-order chi connectivity index (χ0) is 13.7. The van der Waals surface area contributed by atoms with Crippen molar-refractivity contribution in [2.24, 2.45) is 0 Å². The molecule has 0 radical (unpaired) electrons. The van der Waals surface area contributed by atoms with Crippen LogP contribution in [-0.2, 0) is 14.3 Å². The number of carbonyl (C=O) groups is 2. The SMILES string of the molecule is CCCCOC(=O)CN1CC(=O)Nc2ccccc21. The monoisotopic (exact) mass is 262 g/mol. The van der Waals surface area contributed by atoms with Gasteiger partial charge in [0.1, 0.15) is 6.54 Å². The van der Waals surface area contributed by atoms with Crippen molar-refractivity contribution in [3.05, 3.63) is 24.3 Å². The van der Waals surface area contributed by atoms with Crippen molar-refractivity contribution in [3.63, 3.8) is 0 Å². The minimum atomic E-state index is -0.294. The molecule has 1 heterocycles. The fourth-order valence-corrected chi connectivity index (χ4v) is 1.98. The summed E-state index contributed by atoms with van der Waals surface area (Å²) < 4.78 is 5.12. The molecule has 5 heteroatoms. The maximum absolute atomic E-state index is 11.7. The minimum Gasteiger partial charge on any atom is -0.464 e. The number of rotatable bonds is 5. The zero-order valence-electron chi connectivity index (χ0n) is 11.0. The molecule has 0 unspecified atom stereocenters. The Hall–Kier alpha value is -2.04. The third kappa shape index (κ3) is 3.47. The second kappa shape index (κ2) is 6.22. The van der Waals surface area contributed by atoms with E-state index in [1.165, 1.54) is 0 Å². The Labute approximate surface area is 112 Å². The number of benzene rings is 1. The molecule has 5 nitrogen and oxygen atoms in total. The van der Waals surface area contributed by atoms with Gasteiger partial charge in [0.15, 0.2) is 0 Å². The topological polar surface area (TPSA) is 58.6 Å². The molecule has 0 saturated carbocycles. The first-order valence-corrected chi connectivity index (χ1v) is 6.50. The first-order valence-electron chi connectivity index (χ1n) is 6.50. The first-order chi connectivity index (χ1) is 9.20. The smallest absolute Gasteiger partial charge is 0.325 e. The highest BCUT2D eigenvalue weighted by atomic mass is 16.5. The van der Waals surface area contributed by atoms with Crippen LogP contribution >= 0.6 is 0 Å². The molecule has 0 bridgehead atoms. The highest BCUT2D eigenvalue weighted by molar-refractivity contribution is 6.02. The summed E-state index contributed by atoms with van der Waals surface area (Å²) in [6, 6.07) is 7.43. The van der Waals surface area contributed by atoms with Gasteiger partial charge in [-0.15, -0.1) is 0 Å². The molecule has 1 aromatic rings. The van der Waals surface area contributed by atoms with Gasteiger partial charge in [-0.05, 0) is 18.6 Å². The number of carbonyl (C=O) groups excluding carboxylic acids is 2. The number of esters is 1. The molecule has 0 spiro atoms. The fraction of sp³-hybridized carbons (Fsp3) is 0.429. The van der Waals surface area contributed by atoms with Gasteiger partial charge in [0.25, 0.3) is 0 Å². The number of fused-ring (bicyclic) bond motifs is 1. The summed E-state index contributed by atoms with van der Waals surface area (Å²) in [5, 5.41) is 2.78. The van der Waals surface area contributed by atoms with Crippen LogP contribution in [0.1, 0.15) is 19.8 Å². The van der Waals surface area contributed by atoms with E-state index in [2.05, 4.69) is 5.32 Å². The molecule has 1 aromatic carbocycles. The van der Waals surface area contributed by atoms with Crippen molar-refractivity contribution in [3.8, 4) is 0 Å². The first kappa shape index (κ1) is 13.4. The molecular weight excluding hydrogens is 244 g/mol. The molecule has 0 saturated heterocycles. The Morgan fingerprint density at radius 2 is 2.21 bits per heavy atom. The third-order valence-corrected chi connectivity index (χ3v) is 2.93. The van der Waals surface area contributed by atoms with Gasteiger partial charge in [-0.2, -0.15) is 0 Å². The Balaban J connectivity index is 2.00. The van der Waals surface area contributed by atoms with Gasteiger partial charge in [0.2, 0.25) is 5.91 Å². The van der Waals surface area contributed by atoms with Gasteiger partial charge >= 0.3 is 5.97 Å². The van der Waals surface area contributed by atoms with Crippen LogP contribution in [0.25, 0.3) is 0 Å². The second-order valence-electron chi connectivity index (χ2n) is 4.50. The lowest BCUT2D eigenvalue weighted by Gasteiger charge is -2.29. The zero-order valence-corrected chi connectivity index (χ0v) is 11.0. The van der Waals surface area contributed by atoms with Crippen LogP contribution in [0.15, 0.2) is 24.3 Å². The standard InChI is InChI=1S/C14H18N2O3/c1-2-3-8-19-14(18)10-16-9-13(17)15-11-6-4-5-7-12(11)16/h4-7H,2-3,8-10H2,1H3,(H,15,17). The summed E-state index contributed by atoms with van der Waals surface area (Å²) in [5.74, 6) is -0.405. The van der Waals surface area contributed by atoms with Gasteiger partial charge < -0.3 is 15.0 Å². The summed E-state index contributed by atoms with van der Waals surface area (Å²) >= 11 is 0. The van der Waals surface area contributed by atoms with Crippen molar-refractivity contribution < 1.29 is 14.3 Å². The number of unbranched alkanes of at least 4 members (excludes halogenated alkanes) is 1. The summed E-state index contributed by atoms with van der Waals surface area (Å²) in [7, 11) is 0. The number of anilines is 2. The third-order valence-electron chi connectivity index (χ3n) is 2.93. The lowest BCUT2D eigenvalue weighted by Crippen LogP contribution is -2.41. The highest BCUT2D eigenvalue weighted by Gasteiger charge is 2.23. The molecule has 0 fully saturated rings. The number of amides is 1. The second-order valence-corrected chi connectivity index (χ2v) is 4.50. The molecule has 102 valence electrons. The lowest BCUT2D eigenvalue weighted by atomic mass is 10.2. The Kier molecular flexibility index (Phi) is 4.39. The van der Waals surface area contributed by atoms with Gasteiger partial charge in [0, 0.05) is 0 Å². The maximum Gasteiger partial charge on any atom is 0.325 e. The number of hydrogen-bond acceptors (Lipinski definition) is 4. The Morgan fingerprint density at radius 3 is 3.00 bits per heavy atom. The maximum atomic E-state index is 11.7. The normalized spacial score (nSPS) is 13.7. The van der Waals surface area contributed by atoms with Crippen LogP contribution in [0.3, 0.4) is 0 Å². The van der Waals surface area contributed by atoms with Crippen LogP contribution in [-0.4, -0.2) is 31.6 Å². The van der Waals surface area contributed by atoms with E-state index in [4.69, 9.17) is 4.74 Å². The lowest BCUT2D eigenvalue weighted by molar-refractivity contribution is -0.142. The molecular formula is C14H18N2O3. The fourth-order valence-electron chi connectivity index (χ4n) is 1.98. The molecule has 2 rings (SSSR count). The number of nitrogens with one attached hydrogen (secondary N) is 1. The van der Waals surface area contributed by atoms with Gasteiger partial charge in [-0.1, -0.05) is 25.5 Å². The summed E-state index contributed by atoms with van der Waals surface area (Å²) in [6.45, 7) is 2.77. The average Bonchev–Trinajstić information content (AvgIpc) is 2.39. The van der Waals surface area contributed by atoms with E-state index in [1.54, 1.807) is 4.90 Å². The minimum absolute atomic E-state index is 0.105. The molecule has 19 heavy (non-hydrogen) atoms. The van der Waals surface area contributed by atoms with E-state index < -0.39 is 0 Å². The van der Waals surface area contributed by atoms with Crippen molar-refractivity contribution in [2.75, 3.05) is 29.9 Å². The number of nitrogens with zero attached hydrogens (tertiary/aromatic N) is 1. The van der Waals surface area contributed by atoms with Crippen molar-refractivity contribution in [2.45, 2.75) is 19.8 Å². The Bertz CT molecular complexity index is 474. The van der Waals surface area contributed by atoms with Gasteiger partial charge in [0.05, 0.1) is 24.5 Å². The number of ether oxygens (including phenoxy) is 1. The van der Waals surface area contributed by atoms with Crippen molar-refractivity contribution in [1.82, 2.24) is 0 Å². The van der Waals surface area contributed by atoms with E-state index in [1.807, 2.05) is 31.2 Å². The van der Waals surface area contributed by atoms with E-state index in [-0.39, 0.29) is 25.0 Å². The molecule has 0 atom stereocenters. The molecule has 0 aliphatic carbocycles. The molecule has 1 aliphatic rings. The average molecular weight is 262 g/mol. The van der Waals surface area contributed by atoms with Crippen LogP contribution in [0.5, 0.6) is 0 Å². The summed E-state index contributed by atoms with van der Waals surface area (Å²) in [6.07, 6.45) is 1.85.